The summed E-state index contributed by atoms with van der Waals surface area (Å²) in [5.41, 5.74) is 0. The molecule has 0 N–H and O–H groups in total. The van der Waals surface area contributed by atoms with Crippen molar-refractivity contribution in [3.05, 3.63) is 11.8 Å². The van der Waals surface area contributed by atoms with Gasteiger partial charge in [0, 0.05) is 33.1 Å². The summed E-state index contributed by atoms with van der Waals surface area (Å²) in [5, 5.41) is 7.91. The molecule has 0 saturated carbocycles. The highest BCUT2D eigenvalue weighted by Gasteiger charge is 2.38. The van der Waals surface area contributed by atoms with Crippen LogP contribution in [0, 0.1) is 18.8 Å². The summed E-state index contributed by atoms with van der Waals surface area (Å²) < 4.78 is 5.41. The molecule has 0 aromatic carbocycles. The van der Waals surface area contributed by atoms with Crippen LogP contribution in [-0.2, 0) is 6.54 Å². The third-order valence-corrected chi connectivity index (χ3v) is 3.67. The highest BCUT2D eigenvalue weighted by Crippen LogP contribution is 2.30. The second-order valence-electron chi connectivity index (χ2n) is 5.15. The summed E-state index contributed by atoms with van der Waals surface area (Å²) >= 11 is 0. The van der Waals surface area contributed by atoms with Gasteiger partial charge >= 0.3 is 0 Å². The van der Waals surface area contributed by atoms with Crippen molar-refractivity contribution < 1.29 is 4.42 Å². The Morgan fingerprint density at radius 2 is 1.88 bits per heavy atom. The van der Waals surface area contributed by atoms with Gasteiger partial charge in [0.15, 0.2) is 0 Å². The summed E-state index contributed by atoms with van der Waals surface area (Å²) in [5.74, 6) is 3.10. The van der Waals surface area contributed by atoms with Crippen LogP contribution in [0.2, 0.25) is 0 Å². The van der Waals surface area contributed by atoms with Crippen LogP contribution in [0.15, 0.2) is 4.42 Å². The minimum atomic E-state index is 0.661. The van der Waals surface area contributed by atoms with E-state index >= 15 is 0 Å². The summed E-state index contributed by atoms with van der Waals surface area (Å²) in [6, 6.07) is 0. The molecule has 2 aliphatic heterocycles. The van der Waals surface area contributed by atoms with Crippen LogP contribution in [-0.4, -0.2) is 53.2 Å². The average molecular weight is 222 g/mol. The number of aromatic nitrogens is 2. The number of rotatable bonds is 2. The van der Waals surface area contributed by atoms with Gasteiger partial charge in [-0.3, -0.25) is 4.90 Å². The van der Waals surface area contributed by atoms with Gasteiger partial charge in [-0.1, -0.05) is 0 Å². The van der Waals surface area contributed by atoms with Crippen molar-refractivity contribution in [3.8, 4) is 0 Å². The molecule has 2 aliphatic rings. The first-order valence-electron chi connectivity index (χ1n) is 5.90. The molecule has 1 aromatic heterocycles. The monoisotopic (exact) mass is 222 g/mol. The van der Waals surface area contributed by atoms with E-state index in [1.165, 1.54) is 26.2 Å². The van der Waals surface area contributed by atoms with Crippen LogP contribution in [0.3, 0.4) is 0 Å². The van der Waals surface area contributed by atoms with Crippen molar-refractivity contribution in [1.82, 2.24) is 20.0 Å². The van der Waals surface area contributed by atoms with Crippen molar-refractivity contribution >= 4 is 0 Å². The van der Waals surface area contributed by atoms with Crippen LogP contribution >= 0.6 is 0 Å². The topological polar surface area (TPSA) is 45.4 Å². The smallest absolute Gasteiger partial charge is 0.230 e. The lowest BCUT2D eigenvalue weighted by Gasteiger charge is -2.16. The first kappa shape index (κ1) is 10.2. The molecule has 0 spiro atoms. The molecule has 0 aliphatic carbocycles. The molecule has 5 heteroatoms. The van der Waals surface area contributed by atoms with E-state index < -0.39 is 0 Å². The van der Waals surface area contributed by atoms with Gasteiger partial charge in [0.05, 0.1) is 6.54 Å². The van der Waals surface area contributed by atoms with Gasteiger partial charge in [-0.05, 0) is 18.9 Å². The van der Waals surface area contributed by atoms with Gasteiger partial charge in [-0.2, -0.15) is 0 Å². The number of aryl methyl sites for hydroxylation is 1. The molecule has 2 fully saturated rings. The zero-order valence-corrected chi connectivity index (χ0v) is 9.89. The zero-order valence-electron chi connectivity index (χ0n) is 9.89. The number of hydrogen-bond donors (Lipinski definition) is 0. The van der Waals surface area contributed by atoms with Crippen LogP contribution < -0.4 is 0 Å². The Kier molecular flexibility index (Phi) is 2.44. The molecule has 2 saturated heterocycles. The minimum Gasteiger partial charge on any atom is -0.424 e. The van der Waals surface area contributed by atoms with Crippen LogP contribution in [0.5, 0.6) is 0 Å². The predicted molar refractivity (Wildman–Crippen MR) is 58.8 cm³/mol. The van der Waals surface area contributed by atoms with Gasteiger partial charge in [0.25, 0.3) is 0 Å². The Labute approximate surface area is 95.4 Å². The molecule has 88 valence electrons. The number of fused-ring (bicyclic) bond motifs is 1. The Bertz CT molecular complexity index is 364. The van der Waals surface area contributed by atoms with E-state index in [1.807, 2.05) is 6.92 Å². The highest BCUT2D eigenvalue weighted by molar-refractivity contribution is 4.93. The molecular formula is C11H18N4O. The van der Waals surface area contributed by atoms with Crippen molar-refractivity contribution in [1.29, 1.82) is 0 Å². The van der Waals surface area contributed by atoms with Gasteiger partial charge in [0.2, 0.25) is 11.8 Å². The van der Waals surface area contributed by atoms with E-state index in [-0.39, 0.29) is 0 Å². The molecule has 16 heavy (non-hydrogen) atoms. The van der Waals surface area contributed by atoms with Crippen molar-refractivity contribution in [2.24, 2.45) is 11.8 Å². The number of hydrogen-bond acceptors (Lipinski definition) is 5. The van der Waals surface area contributed by atoms with Crippen LogP contribution in [0.1, 0.15) is 11.8 Å². The average Bonchev–Trinajstić information content (AvgIpc) is 2.81. The second-order valence-corrected chi connectivity index (χ2v) is 5.15. The van der Waals surface area contributed by atoms with E-state index in [1.54, 1.807) is 0 Å². The standard InChI is InChI=1S/C11H18N4O/c1-8-12-13-11(16-8)7-15-5-9-3-14(2)4-10(9)6-15/h9-10H,3-7H2,1-2H3. The summed E-state index contributed by atoms with van der Waals surface area (Å²) in [4.78, 5) is 4.87. The fraction of sp³-hybridized carbons (Fsp3) is 0.818. The largest absolute Gasteiger partial charge is 0.424 e. The fourth-order valence-electron chi connectivity index (χ4n) is 3.05. The SMILES string of the molecule is Cc1nnc(CN2CC3CN(C)CC3C2)o1. The van der Waals surface area contributed by atoms with E-state index in [2.05, 4.69) is 27.0 Å². The maximum absolute atomic E-state index is 5.41. The molecular weight excluding hydrogens is 204 g/mol. The number of nitrogens with zero attached hydrogens (tertiary/aromatic N) is 4. The Balaban J connectivity index is 1.59. The van der Waals surface area contributed by atoms with Gasteiger partial charge in [0.1, 0.15) is 0 Å². The fourth-order valence-corrected chi connectivity index (χ4v) is 3.05. The van der Waals surface area contributed by atoms with Crippen molar-refractivity contribution in [2.75, 3.05) is 33.2 Å². The highest BCUT2D eigenvalue weighted by atomic mass is 16.4. The quantitative estimate of drug-likeness (QED) is 0.723. The van der Waals surface area contributed by atoms with E-state index in [0.29, 0.717) is 5.89 Å². The Morgan fingerprint density at radius 1 is 1.19 bits per heavy atom. The van der Waals surface area contributed by atoms with Gasteiger partial charge in [-0.15, -0.1) is 10.2 Å². The van der Waals surface area contributed by atoms with Crippen LogP contribution in [0.25, 0.3) is 0 Å². The molecule has 0 radical (unpaired) electrons. The maximum Gasteiger partial charge on any atom is 0.230 e. The molecule has 3 heterocycles. The second kappa shape index (κ2) is 3.82. The van der Waals surface area contributed by atoms with Crippen molar-refractivity contribution in [2.45, 2.75) is 13.5 Å². The molecule has 5 nitrogen and oxygen atoms in total. The first-order chi connectivity index (χ1) is 7.70. The minimum absolute atomic E-state index is 0.661. The summed E-state index contributed by atoms with van der Waals surface area (Å²) in [7, 11) is 2.21. The lowest BCUT2D eigenvalue weighted by molar-refractivity contribution is 0.248. The Morgan fingerprint density at radius 3 is 2.44 bits per heavy atom. The van der Waals surface area contributed by atoms with E-state index in [9.17, 15) is 0 Å². The molecule has 2 unspecified atom stereocenters. The molecule has 2 atom stereocenters. The Hall–Kier alpha value is -0.940. The first-order valence-corrected chi connectivity index (χ1v) is 5.90. The predicted octanol–water partition coefficient (Wildman–Crippen LogP) is 0.371. The normalized spacial score (nSPS) is 31.1. The lowest BCUT2D eigenvalue weighted by Crippen LogP contribution is -2.26. The molecule has 0 amide bonds. The molecule has 1 aromatic rings. The van der Waals surface area contributed by atoms with Gasteiger partial charge in [-0.25, -0.2) is 0 Å². The zero-order chi connectivity index (χ0) is 11.1. The maximum atomic E-state index is 5.41. The lowest BCUT2D eigenvalue weighted by atomic mass is 10.0. The third-order valence-electron chi connectivity index (χ3n) is 3.67. The molecule has 0 bridgehead atoms. The van der Waals surface area contributed by atoms with Crippen LogP contribution in [0.4, 0.5) is 0 Å². The van der Waals surface area contributed by atoms with Gasteiger partial charge < -0.3 is 9.32 Å². The molecule has 3 rings (SSSR count). The summed E-state index contributed by atoms with van der Waals surface area (Å²) in [6.07, 6.45) is 0. The third kappa shape index (κ3) is 1.85. The van der Waals surface area contributed by atoms with E-state index in [0.717, 1.165) is 24.3 Å². The van der Waals surface area contributed by atoms with Crippen molar-refractivity contribution in [3.63, 3.8) is 0 Å². The van der Waals surface area contributed by atoms with E-state index in [4.69, 9.17) is 4.42 Å². The number of likely N-dealkylation sites (tertiary alicyclic amines) is 2. The summed E-state index contributed by atoms with van der Waals surface area (Å²) in [6.45, 7) is 7.49.